The van der Waals surface area contributed by atoms with E-state index in [-0.39, 0.29) is 45.4 Å². The summed E-state index contributed by atoms with van der Waals surface area (Å²) in [5, 5.41) is 18.8. The van der Waals surface area contributed by atoms with Crippen LogP contribution in [0.4, 0.5) is 0 Å². The first-order valence-corrected chi connectivity index (χ1v) is 7.24. The number of nitrogens with zero attached hydrogens (tertiary/aromatic N) is 1. The van der Waals surface area contributed by atoms with Crippen molar-refractivity contribution in [3.05, 3.63) is 79.9 Å². The molecule has 3 rings (SSSR count). The molecule has 1 atom stereocenters. The summed E-state index contributed by atoms with van der Waals surface area (Å²) in [7, 11) is 0. The van der Waals surface area contributed by atoms with Crippen molar-refractivity contribution in [1.82, 2.24) is 0 Å². The molecule has 1 radical (unpaired) electrons. The Labute approximate surface area is 152 Å². The fraction of sp³-hybridized carbons (Fsp3) is 0.111. The second kappa shape index (κ2) is 7.42. The fourth-order valence-corrected chi connectivity index (χ4v) is 2.55. The van der Waals surface area contributed by atoms with E-state index in [0.29, 0.717) is 5.56 Å². The number of phenols is 1. The van der Waals surface area contributed by atoms with Crippen molar-refractivity contribution in [2.24, 2.45) is 4.99 Å². The van der Waals surface area contributed by atoms with Crippen LogP contribution in [0.25, 0.3) is 10.8 Å². The van der Waals surface area contributed by atoms with Gasteiger partial charge >= 0.3 is 5.97 Å². The predicted molar refractivity (Wildman–Crippen MR) is 87.7 cm³/mol. The van der Waals surface area contributed by atoms with Crippen molar-refractivity contribution in [2.75, 3.05) is 0 Å². The van der Waals surface area contributed by atoms with E-state index in [9.17, 15) is 24.6 Å². The van der Waals surface area contributed by atoms with Crippen LogP contribution in [0.15, 0.2) is 63.1 Å². The molecule has 25 heavy (non-hydrogen) atoms. The molecule has 0 amide bonds. The standard InChI is InChI=1S/C18H13NO5.Cu/c20-11-7-5-10(6-8-11)9-14(18(23)24)19-15-16(21)12-3-1-2-4-13(12)17(15)22;/h1-8,14,20H,9H2,(H,23,24);. The number of hydrogen-bond acceptors (Lipinski definition) is 5. The molecule has 3 aromatic rings. The molecule has 3 aromatic carbocycles. The molecule has 0 aliphatic carbocycles. The molecule has 0 saturated heterocycles. The van der Waals surface area contributed by atoms with Gasteiger partial charge in [-0.3, -0.25) is 14.6 Å². The first-order valence-electron chi connectivity index (χ1n) is 7.24. The largest absolute Gasteiger partial charge is 0.508 e. The van der Waals surface area contributed by atoms with Gasteiger partial charge in [0, 0.05) is 34.3 Å². The maximum atomic E-state index is 12.3. The smallest absolute Gasteiger partial charge is 0.328 e. The summed E-state index contributed by atoms with van der Waals surface area (Å²) in [4.78, 5) is 40.0. The van der Waals surface area contributed by atoms with E-state index in [0.717, 1.165) is 0 Å². The van der Waals surface area contributed by atoms with Crippen LogP contribution in [-0.2, 0) is 28.3 Å². The van der Waals surface area contributed by atoms with Crippen LogP contribution in [0.5, 0.6) is 5.75 Å². The van der Waals surface area contributed by atoms with Gasteiger partial charge in [-0.15, -0.1) is 0 Å². The second-order valence-corrected chi connectivity index (χ2v) is 5.41. The van der Waals surface area contributed by atoms with Gasteiger partial charge in [0.15, 0.2) is 11.4 Å². The van der Waals surface area contributed by atoms with E-state index in [1.54, 1.807) is 24.3 Å². The van der Waals surface area contributed by atoms with Crippen LogP contribution < -0.4 is 16.2 Å². The third-order valence-corrected chi connectivity index (χ3v) is 3.78. The number of aliphatic carboxylic acids is 1. The number of fused-ring (bicyclic) bond motifs is 1. The van der Waals surface area contributed by atoms with Crippen LogP contribution >= 0.6 is 0 Å². The molecule has 0 fully saturated rings. The topological polar surface area (TPSA) is 104 Å². The molecule has 0 heterocycles. The Morgan fingerprint density at radius 3 is 1.96 bits per heavy atom. The summed E-state index contributed by atoms with van der Waals surface area (Å²) < 4.78 is 0. The summed E-state index contributed by atoms with van der Waals surface area (Å²) in [6, 6.07) is 11.1. The Hall–Kier alpha value is -2.76. The molecule has 0 aromatic heterocycles. The van der Waals surface area contributed by atoms with Crippen LogP contribution in [0.1, 0.15) is 5.56 Å². The molecule has 0 aliphatic rings. The third-order valence-electron chi connectivity index (χ3n) is 3.78. The number of phenolic OH excluding ortho intramolecular Hbond substituents is 1. The van der Waals surface area contributed by atoms with E-state index in [1.807, 2.05) is 0 Å². The number of hydrogen-bond donors (Lipinski definition) is 2. The molecule has 0 bridgehead atoms. The zero-order valence-corrected chi connectivity index (χ0v) is 13.7. The van der Waals surface area contributed by atoms with Gasteiger partial charge in [0.25, 0.3) is 0 Å². The molecule has 7 heteroatoms. The summed E-state index contributed by atoms with van der Waals surface area (Å²) in [5.41, 5.74) is -0.472. The van der Waals surface area contributed by atoms with E-state index in [1.165, 1.54) is 24.3 Å². The van der Waals surface area contributed by atoms with Crippen LogP contribution in [0.2, 0.25) is 0 Å². The zero-order valence-electron chi connectivity index (χ0n) is 12.8. The minimum Gasteiger partial charge on any atom is -0.508 e. The van der Waals surface area contributed by atoms with Crippen molar-refractivity contribution in [2.45, 2.75) is 12.5 Å². The number of rotatable bonds is 4. The van der Waals surface area contributed by atoms with Gasteiger partial charge in [0.1, 0.15) is 5.75 Å². The zero-order chi connectivity index (χ0) is 17.3. The maximum Gasteiger partial charge on any atom is 0.328 e. The van der Waals surface area contributed by atoms with Gasteiger partial charge in [-0.2, -0.15) is 0 Å². The number of carboxylic acid groups (broad SMARTS) is 1. The molecule has 0 saturated carbocycles. The quantitative estimate of drug-likeness (QED) is 0.643. The van der Waals surface area contributed by atoms with Crippen molar-refractivity contribution in [3.63, 3.8) is 0 Å². The molecular formula is C18H13CuNO5. The molecular weight excluding hydrogens is 374 g/mol. The Bertz CT molecular complexity index is 1020. The summed E-state index contributed by atoms with van der Waals surface area (Å²) >= 11 is 0. The molecule has 1 unspecified atom stereocenters. The van der Waals surface area contributed by atoms with Crippen molar-refractivity contribution >= 4 is 16.7 Å². The summed E-state index contributed by atoms with van der Waals surface area (Å²) in [5.74, 6) is -1.17. The number of carbonyl (C=O) groups is 1. The summed E-state index contributed by atoms with van der Waals surface area (Å²) in [6.45, 7) is 0. The third kappa shape index (κ3) is 3.68. The minimum atomic E-state index is -1.26. The number of carboxylic acids is 1. The second-order valence-electron chi connectivity index (χ2n) is 5.41. The monoisotopic (exact) mass is 386 g/mol. The summed E-state index contributed by atoms with van der Waals surface area (Å²) in [6.07, 6.45) is 0.00994. The SMILES string of the molecule is O=C(O)C(Cc1ccc(O)cc1)N=c1c(=O)c2ccccc2c1=O.[Cu]. The Kier molecular flexibility index (Phi) is 5.51. The molecule has 0 aliphatic heterocycles. The average Bonchev–Trinajstić information content (AvgIpc) is 2.81. The van der Waals surface area contributed by atoms with Gasteiger partial charge in [-0.1, -0.05) is 36.4 Å². The van der Waals surface area contributed by atoms with Crippen molar-refractivity contribution in [3.8, 4) is 5.75 Å². The van der Waals surface area contributed by atoms with E-state index >= 15 is 0 Å². The fourth-order valence-electron chi connectivity index (χ4n) is 2.55. The van der Waals surface area contributed by atoms with E-state index in [2.05, 4.69) is 4.99 Å². The van der Waals surface area contributed by atoms with E-state index < -0.39 is 22.9 Å². The Morgan fingerprint density at radius 1 is 0.960 bits per heavy atom. The Balaban J connectivity index is 0.00000225. The van der Waals surface area contributed by atoms with Gasteiger partial charge in [0.2, 0.25) is 10.9 Å². The first kappa shape index (κ1) is 18.6. The maximum absolute atomic E-state index is 12.3. The van der Waals surface area contributed by atoms with Gasteiger partial charge in [-0.25, -0.2) is 4.79 Å². The molecule has 0 spiro atoms. The Morgan fingerprint density at radius 2 is 1.48 bits per heavy atom. The van der Waals surface area contributed by atoms with Gasteiger partial charge in [0.05, 0.1) is 0 Å². The van der Waals surface area contributed by atoms with E-state index in [4.69, 9.17) is 0 Å². The van der Waals surface area contributed by atoms with Crippen LogP contribution in [-0.4, -0.2) is 22.2 Å². The van der Waals surface area contributed by atoms with Crippen LogP contribution in [0, 0.1) is 0 Å². The van der Waals surface area contributed by atoms with Crippen molar-refractivity contribution < 1.29 is 32.1 Å². The molecule has 131 valence electrons. The predicted octanol–water partition coefficient (Wildman–Crippen LogP) is 0.736. The number of benzene rings is 2. The van der Waals surface area contributed by atoms with Gasteiger partial charge < -0.3 is 10.2 Å². The van der Waals surface area contributed by atoms with Crippen molar-refractivity contribution in [1.29, 1.82) is 0 Å². The average molecular weight is 387 g/mol. The van der Waals surface area contributed by atoms with Gasteiger partial charge in [-0.05, 0) is 17.7 Å². The first-order chi connectivity index (χ1) is 11.5. The molecule has 2 N–H and O–H groups in total. The van der Waals surface area contributed by atoms with Crippen LogP contribution in [0.3, 0.4) is 0 Å². The normalized spacial score (nSPS) is 11.7. The number of aromatic hydroxyl groups is 1. The molecule has 6 nitrogen and oxygen atoms in total. The minimum absolute atomic E-state index is 0.